The van der Waals surface area contributed by atoms with Crippen LogP contribution in [0.3, 0.4) is 0 Å². The third-order valence-electron chi connectivity index (χ3n) is 1.63. The van der Waals surface area contributed by atoms with E-state index in [1.807, 2.05) is 0 Å². The van der Waals surface area contributed by atoms with Crippen molar-refractivity contribution in [3.8, 4) is 5.75 Å². The van der Waals surface area contributed by atoms with Gasteiger partial charge in [0.1, 0.15) is 5.82 Å². The number of ether oxygens (including phenoxy) is 1. The summed E-state index contributed by atoms with van der Waals surface area (Å²) in [6.45, 7) is 0. The van der Waals surface area contributed by atoms with E-state index in [1.165, 1.54) is 7.11 Å². The first-order valence-electron chi connectivity index (χ1n) is 3.60. The van der Waals surface area contributed by atoms with Crippen LogP contribution in [0.1, 0.15) is 11.7 Å². The van der Waals surface area contributed by atoms with Crippen LogP contribution in [-0.4, -0.2) is 7.11 Å². The summed E-state index contributed by atoms with van der Waals surface area (Å²) in [4.78, 5) is 0. The standard InChI is InChI=1S/C8H10F2N2O/c1-13-7-3-5(9)4(8(11)12)2-6(7)10/h2-3,8H,11-12H2,1H3. The first-order chi connectivity index (χ1) is 6.06. The summed E-state index contributed by atoms with van der Waals surface area (Å²) in [5.41, 5.74) is 10.3. The van der Waals surface area contributed by atoms with E-state index < -0.39 is 17.8 Å². The molecule has 13 heavy (non-hydrogen) atoms. The third-order valence-corrected chi connectivity index (χ3v) is 1.63. The molecule has 1 aromatic carbocycles. The molecule has 0 fully saturated rings. The smallest absolute Gasteiger partial charge is 0.165 e. The maximum absolute atomic E-state index is 13.1. The van der Waals surface area contributed by atoms with Crippen molar-refractivity contribution in [2.45, 2.75) is 6.17 Å². The first-order valence-corrected chi connectivity index (χ1v) is 3.60. The summed E-state index contributed by atoms with van der Waals surface area (Å²) in [5.74, 6) is -1.52. The lowest BCUT2D eigenvalue weighted by Crippen LogP contribution is -2.21. The number of hydrogen-bond donors (Lipinski definition) is 2. The largest absolute Gasteiger partial charge is 0.494 e. The van der Waals surface area contributed by atoms with E-state index in [9.17, 15) is 8.78 Å². The van der Waals surface area contributed by atoms with Crippen LogP contribution < -0.4 is 16.2 Å². The van der Waals surface area contributed by atoms with Gasteiger partial charge >= 0.3 is 0 Å². The van der Waals surface area contributed by atoms with Crippen LogP contribution in [0.15, 0.2) is 12.1 Å². The molecule has 0 bridgehead atoms. The van der Waals surface area contributed by atoms with Gasteiger partial charge < -0.3 is 16.2 Å². The maximum atomic E-state index is 13.1. The van der Waals surface area contributed by atoms with Crippen molar-refractivity contribution in [3.63, 3.8) is 0 Å². The molecule has 1 aromatic rings. The molecule has 0 atom stereocenters. The summed E-state index contributed by atoms with van der Waals surface area (Å²) in [5, 5.41) is 0. The van der Waals surface area contributed by atoms with Gasteiger partial charge in [-0.15, -0.1) is 0 Å². The highest BCUT2D eigenvalue weighted by molar-refractivity contribution is 5.32. The molecule has 72 valence electrons. The van der Waals surface area contributed by atoms with Crippen LogP contribution in [-0.2, 0) is 0 Å². The monoisotopic (exact) mass is 188 g/mol. The molecule has 1 rings (SSSR count). The molecule has 0 unspecified atom stereocenters. The molecule has 0 saturated heterocycles. The van der Waals surface area contributed by atoms with Crippen LogP contribution in [0.25, 0.3) is 0 Å². The molecule has 0 saturated carbocycles. The minimum Gasteiger partial charge on any atom is -0.494 e. The van der Waals surface area contributed by atoms with Gasteiger partial charge in [0.05, 0.1) is 13.3 Å². The van der Waals surface area contributed by atoms with Crippen molar-refractivity contribution in [3.05, 3.63) is 29.3 Å². The molecular weight excluding hydrogens is 178 g/mol. The Hall–Kier alpha value is -1.20. The highest BCUT2D eigenvalue weighted by Crippen LogP contribution is 2.22. The lowest BCUT2D eigenvalue weighted by Gasteiger charge is -2.09. The second-order valence-corrected chi connectivity index (χ2v) is 2.53. The SMILES string of the molecule is COc1cc(F)c(C(N)N)cc1F. The van der Waals surface area contributed by atoms with Crippen molar-refractivity contribution in [1.29, 1.82) is 0 Å². The van der Waals surface area contributed by atoms with E-state index in [2.05, 4.69) is 4.74 Å². The Morgan fingerprint density at radius 1 is 1.23 bits per heavy atom. The van der Waals surface area contributed by atoms with E-state index in [-0.39, 0.29) is 11.3 Å². The Labute approximate surface area is 74.3 Å². The second-order valence-electron chi connectivity index (χ2n) is 2.53. The topological polar surface area (TPSA) is 61.3 Å². The van der Waals surface area contributed by atoms with E-state index in [4.69, 9.17) is 11.5 Å². The van der Waals surface area contributed by atoms with Crippen molar-refractivity contribution in [1.82, 2.24) is 0 Å². The molecule has 0 heterocycles. The normalized spacial score (nSPS) is 10.6. The molecule has 0 aromatic heterocycles. The van der Waals surface area contributed by atoms with Gasteiger partial charge in [0, 0.05) is 11.6 Å². The molecule has 0 aliphatic carbocycles. The number of hydrogen-bond acceptors (Lipinski definition) is 3. The number of nitrogens with two attached hydrogens (primary N) is 2. The quantitative estimate of drug-likeness (QED) is 0.677. The summed E-state index contributed by atoms with van der Waals surface area (Å²) in [7, 11) is 1.25. The van der Waals surface area contributed by atoms with Crippen LogP contribution >= 0.6 is 0 Å². The lowest BCUT2D eigenvalue weighted by molar-refractivity contribution is 0.381. The molecule has 0 spiro atoms. The number of halogens is 2. The van der Waals surface area contributed by atoms with Crippen LogP contribution in [0.4, 0.5) is 8.78 Å². The molecule has 4 N–H and O–H groups in total. The number of methoxy groups -OCH3 is 1. The van der Waals surface area contributed by atoms with Gasteiger partial charge in [-0.3, -0.25) is 0 Å². The highest BCUT2D eigenvalue weighted by atomic mass is 19.1. The zero-order valence-electron chi connectivity index (χ0n) is 7.05. The van der Waals surface area contributed by atoms with Gasteiger partial charge in [0.25, 0.3) is 0 Å². The zero-order chi connectivity index (χ0) is 10.0. The van der Waals surface area contributed by atoms with Crippen molar-refractivity contribution < 1.29 is 13.5 Å². The Bertz CT molecular complexity index is 315. The Balaban J connectivity index is 3.20. The van der Waals surface area contributed by atoms with Gasteiger partial charge in [-0.2, -0.15) is 0 Å². The summed E-state index contributed by atoms with van der Waals surface area (Å²) in [6.07, 6.45) is -1.03. The Morgan fingerprint density at radius 3 is 2.31 bits per heavy atom. The first kappa shape index (κ1) is 9.88. The average molecular weight is 188 g/mol. The molecule has 3 nitrogen and oxygen atoms in total. The van der Waals surface area contributed by atoms with E-state index in [1.54, 1.807) is 0 Å². The molecular formula is C8H10F2N2O. The maximum Gasteiger partial charge on any atom is 0.165 e. The van der Waals surface area contributed by atoms with Gasteiger partial charge in [-0.25, -0.2) is 8.78 Å². The lowest BCUT2D eigenvalue weighted by atomic mass is 10.1. The van der Waals surface area contributed by atoms with Crippen molar-refractivity contribution in [2.75, 3.05) is 7.11 Å². The van der Waals surface area contributed by atoms with Crippen molar-refractivity contribution >= 4 is 0 Å². The summed E-state index contributed by atoms with van der Waals surface area (Å²) >= 11 is 0. The summed E-state index contributed by atoms with van der Waals surface area (Å²) < 4.78 is 30.6. The van der Waals surface area contributed by atoms with Gasteiger partial charge in [-0.05, 0) is 6.07 Å². The molecule has 0 radical (unpaired) electrons. The third kappa shape index (κ3) is 1.93. The van der Waals surface area contributed by atoms with E-state index in [0.717, 1.165) is 12.1 Å². The minimum atomic E-state index is -1.03. The fourth-order valence-corrected chi connectivity index (χ4v) is 0.956. The molecule has 0 amide bonds. The summed E-state index contributed by atoms with van der Waals surface area (Å²) in [6, 6.07) is 1.84. The highest BCUT2D eigenvalue weighted by Gasteiger charge is 2.12. The molecule has 0 aliphatic rings. The van der Waals surface area contributed by atoms with Gasteiger partial charge in [-0.1, -0.05) is 0 Å². The average Bonchev–Trinajstić information content (AvgIpc) is 2.07. The minimum absolute atomic E-state index is 0.0710. The fraction of sp³-hybridized carbons (Fsp3) is 0.250. The number of rotatable bonds is 2. The van der Waals surface area contributed by atoms with Crippen LogP contribution in [0, 0.1) is 11.6 Å². The van der Waals surface area contributed by atoms with Crippen molar-refractivity contribution in [2.24, 2.45) is 11.5 Å². The number of benzene rings is 1. The zero-order valence-corrected chi connectivity index (χ0v) is 7.05. The predicted octanol–water partition coefficient (Wildman–Crippen LogP) is 0.889. The second kappa shape index (κ2) is 3.67. The van der Waals surface area contributed by atoms with E-state index in [0.29, 0.717) is 0 Å². The van der Waals surface area contributed by atoms with Gasteiger partial charge in [0.15, 0.2) is 11.6 Å². The Kier molecular flexibility index (Phi) is 2.79. The molecule has 0 aliphatic heterocycles. The Morgan fingerprint density at radius 2 is 1.85 bits per heavy atom. The fourth-order valence-electron chi connectivity index (χ4n) is 0.956. The van der Waals surface area contributed by atoms with E-state index >= 15 is 0 Å². The molecule has 5 heteroatoms. The van der Waals surface area contributed by atoms with Crippen LogP contribution in [0.2, 0.25) is 0 Å². The predicted molar refractivity (Wildman–Crippen MR) is 44.0 cm³/mol. The van der Waals surface area contributed by atoms with Gasteiger partial charge in [0.2, 0.25) is 0 Å². The van der Waals surface area contributed by atoms with Crippen LogP contribution in [0.5, 0.6) is 5.75 Å².